The molecule has 1 amide bonds. The molecule has 24 heavy (non-hydrogen) atoms. The minimum atomic E-state index is -1.14. The van der Waals surface area contributed by atoms with Crippen LogP contribution in [0.1, 0.15) is 66.2 Å². The first-order valence-corrected chi connectivity index (χ1v) is 7.88. The van der Waals surface area contributed by atoms with Crippen molar-refractivity contribution in [3.05, 3.63) is 22.5 Å². The number of aromatic amines is 1. The fourth-order valence-corrected chi connectivity index (χ4v) is 2.38. The molecule has 0 bridgehead atoms. The molecule has 0 spiro atoms. The highest BCUT2D eigenvalue weighted by Crippen LogP contribution is 2.21. The highest BCUT2D eigenvalue weighted by molar-refractivity contribution is 6.02. The van der Waals surface area contributed by atoms with E-state index in [1.54, 1.807) is 41.5 Å². The lowest BCUT2D eigenvalue weighted by Gasteiger charge is -2.26. The zero-order chi connectivity index (χ0) is 18.7. The van der Waals surface area contributed by atoms with E-state index in [1.807, 2.05) is 0 Å². The van der Waals surface area contributed by atoms with Gasteiger partial charge in [-0.25, -0.2) is 9.59 Å². The third kappa shape index (κ3) is 3.96. The summed E-state index contributed by atoms with van der Waals surface area (Å²) in [5.74, 6) is -1.49. The van der Waals surface area contributed by atoms with Gasteiger partial charge in [0, 0.05) is 5.69 Å². The normalized spacial score (nSPS) is 13.3. The average Bonchev–Trinajstić information content (AvgIpc) is 2.80. The molecule has 1 rings (SSSR count). The van der Waals surface area contributed by atoms with E-state index in [4.69, 9.17) is 9.47 Å². The number of hydrogen-bond acceptors (Lipinski definition) is 5. The molecular weight excluding hydrogens is 312 g/mol. The van der Waals surface area contributed by atoms with Crippen LogP contribution in [0.25, 0.3) is 0 Å². The number of hydrogen-bond donors (Lipinski definition) is 2. The van der Waals surface area contributed by atoms with Crippen LogP contribution in [0.2, 0.25) is 0 Å². The Labute approximate surface area is 142 Å². The Hall–Kier alpha value is -2.31. The van der Waals surface area contributed by atoms with E-state index < -0.39 is 23.4 Å². The van der Waals surface area contributed by atoms with E-state index in [-0.39, 0.29) is 11.8 Å². The Kier molecular flexibility index (Phi) is 6.17. The van der Waals surface area contributed by atoms with E-state index >= 15 is 0 Å². The molecule has 1 heterocycles. The van der Waals surface area contributed by atoms with Gasteiger partial charge in [-0.05, 0) is 46.6 Å². The van der Waals surface area contributed by atoms with Crippen molar-refractivity contribution in [1.29, 1.82) is 0 Å². The van der Waals surface area contributed by atoms with Crippen molar-refractivity contribution in [1.82, 2.24) is 10.3 Å². The number of aryl methyl sites for hydroxylation is 1. The number of methoxy groups -OCH3 is 1. The van der Waals surface area contributed by atoms with Crippen LogP contribution in [0, 0.1) is 13.8 Å². The number of H-pyrrole nitrogens is 1. The number of nitrogens with one attached hydrogen (secondary N) is 2. The molecule has 134 valence electrons. The van der Waals surface area contributed by atoms with Crippen molar-refractivity contribution >= 4 is 17.8 Å². The molecule has 0 saturated heterocycles. The second-order valence-corrected chi connectivity index (χ2v) is 6.21. The lowest BCUT2D eigenvalue weighted by atomic mass is 9.98. The number of esters is 2. The summed E-state index contributed by atoms with van der Waals surface area (Å²) in [5.41, 5.74) is 0.450. The smallest absolute Gasteiger partial charge is 0.340 e. The summed E-state index contributed by atoms with van der Waals surface area (Å²) < 4.78 is 9.95. The number of rotatable bonds is 6. The maximum absolute atomic E-state index is 12.6. The van der Waals surface area contributed by atoms with Crippen molar-refractivity contribution in [2.45, 2.75) is 59.6 Å². The molecule has 1 aromatic rings. The molecule has 0 saturated carbocycles. The van der Waals surface area contributed by atoms with Crippen LogP contribution < -0.4 is 5.32 Å². The minimum absolute atomic E-state index is 0.229. The molecule has 1 aromatic heterocycles. The predicted molar refractivity (Wildman–Crippen MR) is 89.0 cm³/mol. The fraction of sp³-hybridized carbons (Fsp3) is 0.588. The quantitative estimate of drug-likeness (QED) is 0.776. The first kappa shape index (κ1) is 19.7. The van der Waals surface area contributed by atoms with Gasteiger partial charge in [0.25, 0.3) is 5.91 Å². The van der Waals surface area contributed by atoms with Crippen LogP contribution in [0.15, 0.2) is 0 Å². The van der Waals surface area contributed by atoms with Gasteiger partial charge >= 0.3 is 11.9 Å². The van der Waals surface area contributed by atoms with Gasteiger partial charge in [-0.3, -0.25) is 4.79 Å². The van der Waals surface area contributed by atoms with Crippen molar-refractivity contribution in [2.75, 3.05) is 7.11 Å². The van der Waals surface area contributed by atoms with E-state index in [1.165, 1.54) is 7.11 Å². The maximum Gasteiger partial charge on any atom is 0.340 e. The molecule has 7 nitrogen and oxygen atoms in total. The third-order valence-corrected chi connectivity index (χ3v) is 3.94. The summed E-state index contributed by atoms with van der Waals surface area (Å²) in [5, 5.41) is 2.67. The molecule has 0 aliphatic rings. The summed E-state index contributed by atoms with van der Waals surface area (Å²) in [6.07, 6.45) is 0.109. The molecule has 0 aliphatic heterocycles. The van der Waals surface area contributed by atoms with Crippen LogP contribution in [-0.4, -0.2) is 41.6 Å². The lowest BCUT2D eigenvalue weighted by Crippen LogP contribution is -2.52. The largest absolute Gasteiger partial charge is 0.467 e. The zero-order valence-corrected chi connectivity index (χ0v) is 15.3. The maximum atomic E-state index is 12.6. The molecule has 7 heteroatoms. The number of amides is 1. The second kappa shape index (κ2) is 7.51. The molecule has 1 atom stereocenters. The van der Waals surface area contributed by atoms with E-state index in [0.29, 0.717) is 23.2 Å². The average molecular weight is 338 g/mol. The van der Waals surface area contributed by atoms with Gasteiger partial charge in [-0.15, -0.1) is 0 Å². The fourth-order valence-electron chi connectivity index (χ4n) is 2.38. The van der Waals surface area contributed by atoms with E-state index in [0.717, 1.165) is 0 Å². The standard InChI is InChI=1S/C17H26N2O5/c1-8-17(6,16(22)23-7)19-14(20)13-10(4)12(11(5)18-13)15(21)24-9(2)3/h9,18H,8H2,1-7H3,(H,19,20). The molecule has 0 aromatic carbocycles. The number of ether oxygens (including phenoxy) is 2. The minimum Gasteiger partial charge on any atom is -0.467 e. The van der Waals surface area contributed by atoms with Gasteiger partial charge in [-0.1, -0.05) is 6.92 Å². The Morgan fingerprint density at radius 1 is 1.25 bits per heavy atom. The topological polar surface area (TPSA) is 97.5 Å². The third-order valence-electron chi connectivity index (χ3n) is 3.94. The van der Waals surface area contributed by atoms with Gasteiger partial charge in [0.15, 0.2) is 0 Å². The van der Waals surface area contributed by atoms with Gasteiger partial charge in [-0.2, -0.15) is 0 Å². The van der Waals surface area contributed by atoms with Crippen LogP contribution in [0.4, 0.5) is 0 Å². The van der Waals surface area contributed by atoms with Gasteiger partial charge in [0.05, 0.1) is 18.8 Å². The van der Waals surface area contributed by atoms with Gasteiger partial charge < -0.3 is 19.8 Å². The molecule has 1 unspecified atom stereocenters. The Morgan fingerprint density at radius 2 is 1.83 bits per heavy atom. The van der Waals surface area contributed by atoms with Crippen molar-refractivity contribution in [2.24, 2.45) is 0 Å². The van der Waals surface area contributed by atoms with Crippen molar-refractivity contribution < 1.29 is 23.9 Å². The summed E-state index contributed by atoms with van der Waals surface area (Å²) in [6, 6.07) is 0. The summed E-state index contributed by atoms with van der Waals surface area (Å²) >= 11 is 0. The van der Waals surface area contributed by atoms with Crippen molar-refractivity contribution in [3.8, 4) is 0 Å². The van der Waals surface area contributed by atoms with Crippen molar-refractivity contribution in [3.63, 3.8) is 0 Å². The summed E-state index contributed by atoms with van der Waals surface area (Å²) in [4.78, 5) is 39.6. The molecule has 0 radical (unpaired) electrons. The SMILES string of the molecule is CCC(C)(NC(=O)c1[nH]c(C)c(C(=O)OC(C)C)c1C)C(=O)OC. The molecule has 0 fully saturated rings. The van der Waals surface area contributed by atoms with Crippen LogP contribution in [-0.2, 0) is 14.3 Å². The highest BCUT2D eigenvalue weighted by atomic mass is 16.5. The number of carbonyl (C=O) groups excluding carboxylic acids is 3. The van der Waals surface area contributed by atoms with E-state index in [2.05, 4.69) is 10.3 Å². The summed E-state index contributed by atoms with van der Waals surface area (Å²) in [7, 11) is 1.27. The zero-order valence-electron chi connectivity index (χ0n) is 15.3. The van der Waals surface area contributed by atoms with Crippen LogP contribution in [0.3, 0.4) is 0 Å². The van der Waals surface area contributed by atoms with Crippen LogP contribution in [0.5, 0.6) is 0 Å². The molecule has 2 N–H and O–H groups in total. The Bertz CT molecular complexity index is 648. The predicted octanol–water partition coefficient (Wildman–Crippen LogP) is 2.27. The second-order valence-electron chi connectivity index (χ2n) is 6.21. The first-order chi connectivity index (χ1) is 11.1. The van der Waals surface area contributed by atoms with E-state index in [9.17, 15) is 14.4 Å². The van der Waals surface area contributed by atoms with Crippen LogP contribution >= 0.6 is 0 Å². The summed E-state index contributed by atoms with van der Waals surface area (Å²) in [6.45, 7) is 10.2. The van der Waals surface area contributed by atoms with Gasteiger partial charge in [0.2, 0.25) is 0 Å². The number of aromatic nitrogens is 1. The lowest BCUT2D eigenvalue weighted by molar-refractivity contribution is -0.147. The van der Waals surface area contributed by atoms with Gasteiger partial charge in [0.1, 0.15) is 11.2 Å². The number of carbonyl (C=O) groups is 3. The first-order valence-electron chi connectivity index (χ1n) is 7.88. The Morgan fingerprint density at radius 3 is 2.29 bits per heavy atom. The molecule has 0 aliphatic carbocycles. The Balaban J connectivity index is 3.13. The highest BCUT2D eigenvalue weighted by Gasteiger charge is 2.35. The monoisotopic (exact) mass is 338 g/mol. The molecular formula is C17H26N2O5.